The Morgan fingerprint density at radius 1 is 1.53 bits per heavy atom. The molecule has 0 aliphatic heterocycles. The fourth-order valence-corrected chi connectivity index (χ4v) is 2.40. The first-order valence-corrected chi connectivity index (χ1v) is 6.11. The van der Waals surface area contributed by atoms with Gasteiger partial charge in [0.2, 0.25) is 5.91 Å². The van der Waals surface area contributed by atoms with Gasteiger partial charge in [-0.2, -0.15) is 0 Å². The number of carbonyl (C=O) groups is 1. The van der Waals surface area contributed by atoms with E-state index < -0.39 is 0 Å². The van der Waals surface area contributed by atoms with Crippen molar-refractivity contribution in [1.29, 1.82) is 0 Å². The van der Waals surface area contributed by atoms with Crippen LogP contribution in [0.25, 0.3) is 0 Å². The van der Waals surface area contributed by atoms with Crippen molar-refractivity contribution in [3.05, 3.63) is 0 Å². The molecule has 3 nitrogen and oxygen atoms in total. The van der Waals surface area contributed by atoms with E-state index in [0.29, 0.717) is 18.9 Å². The van der Waals surface area contributed by atoms with Gasteiger partial charge in [-0.15, -0.1) is 0 Å². The van der Waals surface area contributed by atoms with E-state index in [0.717, 1.165) is 5.92 Å². The molecule has 0 aromatic carbocycles. The molecule has 0 bridgehead atoms. The topological polar surface area (TPSA) is 55.1 Å². The van der Waals surface area contributed by atoms with Gasteiger partial charge in [-0.3, -0.25) is 4.79 Å². The number of rotatable bonds is 4. The number of nitrogens with two attached hydrogens (primary N) is 1. The number of hydrogen-bond donors (Lipinski definition) is 2. The molecular formula is C12H24N2O. The van der Waals surface area contributed by atoms with Gasteiger partial charge in [-0.25, -0.2) is 0 Å². The molecule has 0 spiro atoms. The standard InChI is InChI=1S/C12H24N2O/c1-9-4-3-5-11(6-9)7-12(15)14-10(2)8-13/h9-11H,3-8,13H2,1-2H3,(H,14,15)/t9?,10-,11?/m0/s1. The van der Waals surface area contributed by atoms with E-state index in [1.807, 2.05) is 6.92 Å². The maximum Gasteiger partial charge on any atom is 0.220 e. The van der Waals surface area contributed by atoms with E-state index in [-0.39, 0.29) is 11.9 Å². The van der Waals surface area contributed by atoms with Crippen LogP contribution in [0.2, 0.25) is 0 Å². The Balaban J connectivity index is 2.24. The molecule has 0 aromatic rings. The molecule has 3 heteroatoms. The highest BCUT2D eigenvalue weighted by Crippen LogP contribution is 2.30. The third kappa shape index (κ3) is 4.65. The lowest BCUT2D eigenvalue weighted by molar-refractivity contribution is -0.122. The highest BCUT2D eigenvalue weighted by Gasteiger charge is 2.21. The lowest BCUT2D eigenvalue weighted by Crippen LogP contribution is -2.38. The van der Waals surface area contributed by atoms with Crippen LogP contribution in [-0.4, -0.2) is 18.5 Å². The monoisotopic (exact) mass is 212 g/mol. The van der Waals surface area contributed by atoms with Gasteiger partial charge in [0.15, 0.2) is 0 Å². The van der Waals surface area contributed by atoms with E-state index in [9.17, 15) is 4.79 Å². The van der Waals surface area contributed by atoms with Crippen LogP contribution >= 0.6 is 0 Å². The third-order valence-electron chi connectivity index (χ3n) is 3.28. The van der Waals surface area contributed by atoms with Gasteiger partial charge < -0.3 is 11.1 Å². The fraction of sp³-hybridized carbons (Fsp3) is 0.917. The van der Waals surface area contributed by atoms with Crippen LogP contribution in [0.4, 0.5) is 0 Å². The second kappa shape index (κ2) is 6.11. The predicted molar refractivity (Wildman–Crippen MR) is 62.4 cm³/mol. The second-order valence-corrected chi connectivity index (χ2v) is 5.05. The van der Waals surface area contributed by atoms with Gasteiger partial charge >= 0.3 is 0 Å². The van der Waals surface area contributed by atoms with Crippen LogP contribution in [0, 0.1) is 11.8 Å². The lowest BCUT2D eigenvalue weighted by atomic mass is 9.81. The SMILES string of the molecule is CC1CCCC(CC(=O)N[C@@H](C)CN)C1. The van der Waals surface area contributed by atoms with Crippen molar-refractivity contribution in [2.45, 2.75) is 52.0 Å². The molecule has 1 amide bonds. The molecule has 3 atom stereocenters. The summed E-state index contributed by atoms with van der Waals surface area (Å²) in [6, 6.07) is 0.110. The van der Waals surface area contributed by atoms with Crippen LogP contribution in [0.3, 0.4) is 0 Å². The molecule has 3 N–H and O–H groups in total. The van der Waals surface area contributed by atoms with Gasteiger partial charge in [0.1, 0.15) is 0 Å². The minimum absolute atomic E-state index is 0.110. The first-order valence-electron chi connectivity index (χ1n) is 6.11. The molecule has 0 aromatic heterocycles. The van der Waals surface area contributed by atoms with Crippen molar-refractivity contribution in [2.75, 3.05) is 6.54 Å². The maximum absolute atomic E-state index is 11.6. The number of carbonyl (C=O) groups excluding carboxylic acids is 1. The largest absolute Gasteiger partial charge is 0.352 e. The lowest BCUT2D eigenvalue weighted by Gasteiger charge is -2.26. The summed E-state index contributed by atoms with van der Waals surface area (Å²) in [6.07, 6.45) is 5.73. The molecule has 0 radical (unpaired) electrons. The van der Waals surface area contributed by atoms with Gasteiger partial charge in [0.05, 0.1) is 0 Å². The summed E-state index contributed by atoms with van der Waals surface area (Å²) in [5, 5.41) is 2.93. The average Bonchev–Trinajstić information content (AvgIpc) is 2.17. The molecule has 15 heavy (non-hydrogen) atoms. The third-order valence-corrected chi connectivity index (χ3v) is 3.28. The zero-order chi connectivity index (χ0) is 11.3. The first-order chi connectivity index (χ1) is 7.11. The number of nitrogens with one attached hydrogen (secondary N) is 1. The highest BCUT2D eigenvalue weighted by molar-refractivity contribution is 5.76. The van der Waals surface area contributed by atoms with Gasteiger partial charge in [-0.1, -0.05) is 19.8 Å². The van der Waals surface area contributed by atoms with Crippen molar-refractivity contribution < 1.29 is 4.79 Å². The van der Waals surface area contributed by atoms with E-state index >= 15 is 0 Å². The van der Waals surface area contributed by atoms with Gasteiger partial charge in [-0.05, 0) is 31.6 Å². The summed E-state index contributed by atoms with van der Waals surface area (Å²) in [7, 11) is 0. The Bertz CT molecular complexity index is 206. The molecular weight excluding hydrogens is 188 g/mol. The Labute approximate surface area is 92.8 Å². The van der Waals surface area contributed by atoms with Crippen molar-refractivity contribution in [3.8, 4) is 0 Å². The molecule has 0 heterocycles. The van der Waals surface area contributed by atoms with Crippen molar-refractivity contribution in [3.63, 3.8) is 0 Å². The molecule has 1 aliphatic rings. The van der Waals surface area contributed by atoms with Gasteiger partial charge in [0, 0.05) is 19.0 Å². The van der Waals surface area contributed by atoms with Crippen molar-refractivity contribution >= 4 is 5.91 Å². The van der Waals surface area contributed by atoms with Crippen LogP contribution in [0.1, 0.15) is 46.0 Å². The van der Waals surface area contributed by atoms with Gasteiger partial charge in [0.25, 0.3) is 0 Å². The summed E-state index contributed by atoms with van der Waals surface area (Å²) in [5.74, 6) is 1.56. The van der Waals surface area contributed by atoms with E-state index in [4.69, 9.17) is 5.73 Å². The number of hydrogen-bond acceptors (Lipinski definition) is 2. The summed E-state index contributed by atoms with van der Waals surface area (Å²) in [4.78, 5) is 11.6. The molecule has 88 valence electrons. The van der Waals surface area contributed by atoms with Crippen LogP contribution in [0.5, 0.6) is 0 Å². The van der Waals surface area contributed by atoms with Crippen LogP contribution in [-0.2, 0) is 4.79 Å². The zero-order valence-electron chi connectivity index (χ0n) is 9.96. The van der Waals surface area contributed by atoms with E-state index in [1.54, 1.807) is 0 Å². The Morgan fingerprint density at radius 2 is 2.27 bits per heavy atom. The quantitative estimate of drug-likeness (QED) is 0.744. The summed E-state index contributed by atoms with van der Waals surface area (Å²) in [5.41, 5.74) is 5.46. The Kier molecular flexibility index (Phi) is 5.09. The molecule has 1 fully saturated rings. The number of amides is 1. The zero-order valence-corrected chi connectivity index (χ0v) is 9.96. The highest BCUT2D eigenvalue weighted by atomic mass is 16.1. The Morgan fingerprint density at radius 3 is 2.87 bits per heavy atom. The smallest absolute Gasteiger partial charge is 0.220 e. The summed E-state index contributed by atoms with van der Waals surface area (Å²) >= 11 is 0. The van der Waals surface area contributed by atoms with E-state index in [1.165, 1.54) is 25.7 Å². The average molecular weight is 212 g/mol. The minimum Gasteiger partial charge on any atom is -0.352 e. The molecule has 1 saturated carbocycles. The maximum atomic E-state index is 11.6. The molecule has 0 saturated heterocycles. The first kappa shape index (κ1) is 12.5. The van der Waals surface area contributed by atoms with E-state index in [2.05, 4.69) is 12.2 Å². The predicted octanol–water partition coefficient (Wildman–Crippen LogP) is 1.67. The molecule has 2 unspecified atom stereocenters. The Hall–Kier alpha value is -0.570. The molecule has 1 aliphatic carbocycles. The van der Waals surface area contributed by atoms with Crippen LogP contribution < -0.4 is 11.1 Å². The fourth-order valence-electron chi connectivity index (χ4n) is 2.40. The molecule has 1 rings (SSSR count). The normalized spacial score (nSPS) is 28.5. The second-order valence-electron chi connectivity index (χ2n) is 5.05. The van der Waals surface area contributed by atoms with Crippen LogP contribution in [0.15, 0.2) is 0 Å². The van der Waals surface area contributed by atoms with Crippen molar-refractivity contribution in [2.24, 2.45) is 17.6 Å². The summed E-state index contributed by atoms with van der Waals surface area (Å²) in [6.45, 7) is 4.75. The minimum atomic E-state index is 0.110. The summed E-state index contributed by atoms with van der Waals surface area (Å²) < 4.78 is 0. The van der Waals surface area contributed by atoms with Crippen molar-refractivity contribution in [1.82, 2.24) is 5.32 Å².